The molecule has 0 aliphatic rings. The number of rotatable bonds is 15. The van der Waals surface area contributed by atoms with Crippen molar-refractivity contribution in [2.24, 2.45) is 0 Å². The Morgan fingerprint density at radius 2 is 1.10 bits per heavy atom. The van der Waals surface area contributed by atoms with Crippen molar-refractivity contribution in [2.75, 3.05) is 7.11 Å². The summed E-state index contributed by atoms with van der Waals surface area (Å²) in [4.78, 5) is 22.4. The molecule has 0 aromatic rings. The van der Waals surface area contributed by atoms with Crippen LogP contribution >= 0.6 is 0 Å². The van der Waals surface area contributed by atoms with E-state index in [4.69, 9.17) is 0 Å². The molecule has 0 unspecified atom stereocenters. The number of carbonyl (C=O) groups excluding carboxylic acids is 2. The van der Waals surface area contributed by atoms with E-state index < -0.39 is 0 Å². The summed E-state index contributed by atoms with van der Waals surface area (Å²) in [6, 6.07) is 0. The van der Waals surface area contributed by atoms with Crippen molar-refractivity contribution in [1.29, 1.82) is 0 Å². The number of ether oxygens (including phenoxy) is 1. The van der Waals surface area contributed by atoms with Gasteiger partial charge in [-0.1, -0.05) is 58.3 Å². The van der Waals surface area contributed by atoms with Gasteiger partial charge in [0, 0.05) is 19.3 Å². The van der Waals surface area contributed by atoms with Crippen molar-refractivity contribution >= 4 is 11.8 Å². The molecule has 0 aromatic heterocycles. The molecule has 0 heterocycles. The highest BCUT2D eigenvalue weighted by Crippen LogP contribution is 2.12. The fraction of sp³-hybridized carbons (Fsp3) is 0.889. The molecule has 0 amide bonds. The van der Waals surface area contributed by atoms with Gasteiger partial charge in [0.2, 0.25) is 0 Å². The van der Waals surface area contributed by atoms with E-state index in [2.05, 4.69) is 11.7 Å². The first-order chi connectivity index (χ1) is 10.2. The maximum Gasteiger partial charge on any atom is 0.305 e. The Balaban J connectivity index is 3.12. The molecule has 0 bridgehead atoms. The lowest BCUT2D eigenvalue weighted by Crippen LogP contribution is -1.99. The lowest BCUT2D eigenvalue weighted by Gasteiger charge is -2.03. The van der Waals surface area contributed by atoms with E-state index in [1.54, 1.807) is 0 Å². The van der Waals surface area contributed by atoms with Gasteiger partial charge in [-0.25, -0.2) is 0 Å². The molecule has 0 aliphatic carbocycles. The molecule has 3 nitrogen and oxygen atoms in total. The Bertz CT molecular complexity index is 261. The Morgan fingerprint density at radius 1 is 0.667 bits per heavy atom. The third-order valence-corrected chi connectivity index (χ3v) is 3.87. The van der Waals surface area contributed by atoms with Gasteiger partial charge in [0.1, 0.15) is 5.78 Å². The lowest BCUT2D eigenvalue weighted by atomic mass is 10.0. The van der Waals surface area contributed by atoms with Crippen LogP contribution in [-0.2, 0) is 14.3 Å². The van der Waals surface area contributed by atoms with Crippen LogP contribution in [0.3, 0.4) is 0 Å². The van der Waals surface area contributed by atoms with Gasteiger partial charge < -0.3 is 4.74 Å². The molecule has 0 aliphatic heterocycles. The summed E-state index contributed by atoms with van der Waals surface area (Å²) >= 11 is 0. The Morgan fingerprint density at radius 3 is 1.57 bits per heavy atom. The summed E-state index contributed by atoms with van der Waals surface area (Å²) < 4.78 is 4.61. The zero-order chi connectivity index (χ0) is 15.8. The van der Waals surface area contributed by atoms with Gasteiger partial charge in [0.05, 0.1) is 7.11 Å². The van der Waals surface area contributed by atoms with Crippen LogP contribution in [0, 0.1) is 0 Å². The zero-order valence-corrected chi connectivity index (χ0v) is 14.1. The second kappa shape index (κ2) is 15.5. The maximum absolute atomic E-state index is 11.5. The average molecular weight is 298 g/mol. The maximum atomic E-state index is 11.5. The van der Waals surface area contributed by atoms with Gasteiger partial charge in [-0.3, -0.25) is 9.59 Å². The Hall–Kier alpha value is -0.860. The predicted octanol–water partition coefficient (Wildman–Crippen LogP) is 5.21. The molecule has 0 radical (unpaired) electrons. The zero-order valence-electron chi connectivity index (χ0n) is 14.1. The van der Waals surface area contributed by atoms with Crippen LogP contribution in [0.1, 0.15) is 96.8 Å². The van der Waals surface area contributed by atoms with Crippen molar-refractivity contribution in [2.45, 2.75) is 96.8 Å². The van der Waals surface area contributed by atoms with E-state index in [0.29, 0.717) is 12.2 Å². The minimum absolute atomic E-state index is 0.0940. The quantitative estimate of drug-likeness (QED) is 0.308. The summed E-state index contributed by atoms with van der Waals surface area (Å²) in [5, 5.41) is 0. The normalized spacial score (nSPS) is 10.6. The molecule has 3 heteroatoms. The molecule has 0 N–H and O–H groups in total. The fourth-order valence-electron chi connectivity index (χ4n) is 2.43. The van der Waals surface area contributed by atoms with Gasteiger partial charge in [0.25, 0.3) is 0 Å². The molecule has 0 spiro atoms. The number of Topliss-reactive ketones (excluding diaryl/α,β-unsaturated/α-hetero) is 1. The SMILES string of the molecule is CCCCC(=O)CCCCCCCCCCCC(=O)OC. The molecule has 0 fully saturated rings. The second-order valence-corrected chi connectivity index (χ2v) is 5.90. The average Bonchev–Trinajstić information content (AvgIpc) is 2.50. The van der Waals surface area contributed by atoms with E-state index >= 15 is 0 Å². The molecule has 124 valence electrons. The number of esters is 1. The van der Waals surface area contributed by atoms with Crippen LogP contribution in [0.2, 0.25) is 0 Å². The van der Waals surface area contributed by atoms with Crippen LogP contribution in [0.15, 0.2) is 0 Å². The van der Waals surface area contributed by atoms with Crippen molar-refractivity contribution in [1.82, 2.24) is 0 Å². The predicted molar refractivity (Wildman–Crippen MR) is 87.3 cm³/mol. The van der Waals surface area contributed by atoms with Crippen molar-refractivity contribution in [3.05, 3.63) is 0 Å². The van der Waals surface area contributed by atoms with E-state index in [-0.39, 0.29) is 5.97 Å². The molecule has 0 saturated heterocycles. The van der Waals surface area contributed by atoms with Gasteiger partial charge in [-0.05, 0) is 19.3 Å². The topological polar surface area (TPSA) is 43.4 Å². The molecule has 0 atom stereocenters. The van der Waals surface area contributed by atoms with Crippen molar-refractivity contribution in [3.63, 3.8) is 0 Å². The first-order valence-corrected chi connectivity index (χ1v) is 8.79. The van der Waals surface area contributed by atoms with Gasteiger partial charge in [0.15, 0.2) is 0 Å². The van der Waals surface area contributed by atoms with Crippen LogP contribution in [0.5, 0.6) is 0 Å². The summed E-state index contributed by atoms with van der Waals surface area (Å²) in [5.74, 6) is 0.353. The summed E-state index contributed by atoms with van der Waals surface area (Å²) in [7, 11) is 1.44. The minimum atomic E-state index is -0.0940. The highest BCUT2D eigenvalue weighted by Gasteiger charge is 2.01. The first kappa shape index (κ1) is 20.1. The number of ketones is 1. The minimum Gasteiger partial charge on any atom is -0.469 e. The summed E-state index contributed by atoms with van der Waals surface area (Å²) in [6.07, 6.45) is 14.9. The van der Waals surface area contributed by atoms with E-state index in [0.717, 1.165) is 44.9 Å². The van der Waals surface area contributed by atoms with E-state index in [9.17, 15) is 9.59 Å². The van der Waals surface area contributed by atoms with Crippen LogP contribution < -0.4 is 0 Å². The number of hydrogen-bond donors (Lipinski definition) is 0. The largest absolute Gasteiger partial charge is 0.469 e. The Labute approximate surface area is 130 Å². The lowest BCUT2D eigenvalue weighted by molar-refractivity contribution is -0.140. The fourth-order valence-corrected chi connectivity index (χ4v) is 2.43. The smallest absolute Gasteiger partial charge is 0.305 e. The molecule has 0 saturated carbocycles. The standard InChI is InChI=1S/C18H34O3/c1-3-4-14-17(19)15-12-10-8-6-5-7-9-11-13-16-18(20)21-2/h3-16H2,1-2H3. The van der Waals surface area contributed by atoms with Gasteiger partial charge in [-0.2, -0.15) is 0 Å². The molecule has 0 rings (SSSR count). The highest BCUT2D eigenvalue weighted by molar-refractivity contribution is 5.78. The number of carbonyl (C=O) groups is 2. The monoisotopic (exact) mass is 298 g/mol. The molecular weight excluding hydrogens is 264 g/mol. The first-order valence-electron chi connectivity index (χ1n) is 8.79. The van der Waals surface area contributed by atoms with Gasteiger partial charge in [-0.15, -0.1) is 0 Å². The Kier molecular flexibility index (Phi) is 14.9. The molecule has 0 aromatic carbocycles. The third-order valence-electron chi connectivity index (χ3n) is 3.87. The van der Waals surface area contributed by atoms with Crippen LogP contribution in [-0.4, -0.2) is 18.9 Å². The van der Waals surface area contributed by atoms with E-state index in [1.807, 2.05) is 0 Å². The van der Waals surface area contributed by atoms with Crippen LogP contribution in [0.4, 0.5) is 0 Å². The second-order valence-electron chi connectivity index (χ2n) is 5.90. The third kappa shape index (κ3) is 15.3. The van der Waals surface area contributed by atoms with E-state index in [1.165, 1.54) is 45.6 Å². The summed E-state index contributed by atoms with van der Waals surface area (Å²) in [6.45, 7) is 2.13. The van der Waals surface area contributed by atoms with Crippen LogP contribution in [0.25, 0.3) is 0 Å². The number of unbranched alkanes of at least 4 members (excludes halogenated alkanes) is 9. The summed E-state index contributed by atoms with van der Waals surface area (Å²) in [5.41, 5.74) is 0. The molecule has 21 heavy (non-hydrogen) atoms. The number of methoxy groups -OCH3 is 1. The van der Waals surface area contributed by atoms with Crippen molar-refractivity contribution < 1.29 is 14.3 Å². The highest BCUT2D eigenvalue weighted by atomic mass is 16.5. The van der Waals surface area contributed by atoms with Crippen molar-refractivity contribution in [3.8, 4) is 0 Å². The van der Waals surface area contributed by atoms with Gasteiger partial charge >= 0.3 is 5.97 Å². The molecular formula is C18H34O3. The number of hydrogen-bond acceptors (Lipinski definition) is 3.